The normalized spacial score (nSPS) is 10.6. The monoisotopic (exact) mass is 805 g/mol. The van der Waals surface area contributed by atoms with Crippen LogP contribution in [0.2, 0.25) is 0 Å². The Bertz CT molecular complexity index is 2830. The van der Waals surface area contributed by atoms with Crippen molar-refractivity contribution in [2.45, 2.75) is 27.7 Å². The van der Waals surface area contributed by atoms with E-state index in [1.807, 2.05) is 125 Å². The SMILES string of the molecule is CCOc1ccc(-c2nc(C#N)c3nc(N)n(-c4ccccc4C)c3n2)cc1.CCOc1ccc(-c2nc(C(=N)CO)c3nc(N)n(-c4ccccc4C)c3n2)cc1.NO. The Hall–Kier alpha value is -7.78. The van der Waals surface area contributed by atoms with E-state index in [0.717, 1.165) is 45.1 Å². The summed E-state index contributed by atoms with van der Waals surface area (Å²) in [5.74, 6) is 6.36. The third kappa shape index (κ3) is 8.42. The molecule has 0 aliphatic rings. The highest BCUT2D eigenvalue weighted by molar-refractivity contribution is 6.07. The number of nitriles is 1. The number of ether oxygens (including phenoxy) is 2. The zero-order valence-corrected chi connectivity index (χ0v) is 33.3. The summed E-state index contributed by atoms with van der Waals surface area (Å²) in [5, 5.41) is 33.9. The summed E-state index contributed by atoms with van der Waals surface area (Å²) in [5.41, 5.74) is 19.8. The van der Waals surface area contributed by atoms with Gasteiger partial charge in [-0.25, -0.2) is 35.8 Å². The number of aliphatic hydroxyl groups excluding tert-OH is 1. The smallest absolute Gasteiger partial charge is 0.207 e. The highest BCUT2D eigenvalue weighted by atomic mass is 16.5. The van der Waals surface area contributed by atoms with Crippen LogP contribution in [0.5, 0.6) is 11.5 Å². The van der Waals surface area contributed by atoms with E-state index < -0.39 is 6.61 Å². The molecule has 4 heterocycles. The molecule has 17 nitrogen and oxygen atoms in total. The van der Waals surface area contributed by atoms with Crippen molar-refractivity contribution in [1.29, 1.82) is 10.7 Å². The van der Waals surface area contributed by atoms with Gasteiger partial charge in [0.15, 0.2) is 28.6 Å². The van der Waals surface area contributed by atoms with Crippen molar-refractivity contribution in [3.05, 3.63) is 120 Å². The Morgan fingerprint density at radius 2 is 1.08 bits per heavy atom. The number of imidazole rings is 2. The minimum Gasteiger partial charge on any atom is -0.494 e. The molecule has 0 saturated heterocycles. The van der Waals surface area contributed by atoms with E-state index in [2.05, 4.69) is 36.9 Å². The average molecular weight is 806 g/mol. The number of nitrogens with two attached hydrogens (primary N) is 3. The molecule has 8 aromatic rings. The van der Waals surface area contributed by atoms with Gasteiger partial charge in [0.05, 0.1) is 36.9 Å². The van der Waals surface area contributed by atoms with Gasteiger partial charge in [0.2, 0.25) is 11.9 Å². The predicted octanol–water partition coefficient (Wildman–Crippen LogP) is 6.11. The summed E-state index contributed by atoms with van der Waals surface area (Å²) in [6, 6.07) is 32.5. The lowest BCUT2D eigenvalue weighted by Gasteiger charge is -2.11. The van der Waals surface area contributed by atoms with Crippen molar-refractivity contribution in [1.82, 2.24) is 39.0 Å². The summed E-state index contributed by atoms with van der Waals surface area (Å²) in [6.45, 7) is 8.53. The Morgan fingerprint density at radius 1 is 0.650 bits per heavy atom. The van der Waals surface area contributed by atoms with E-state index in [9.17, 15) is 10.4 Å². The van der Waals surface area contributed by atoms with Gasteiger partial charge >= 0.3 is 0 Å². The van der Waals surface area contributed by atoms with Crippen molar-refractivity contribution >= 4 is 39.9 Å². The fourth-order valence-electron chi connectivity index (χ4n) is 6.41. The second-order valence-corrected chi connectivity index (χ2v) is 13.0. The Labute approximate surface area is 344 Å². The molecule has 17 heteroatoms. The standard InChI is InChI=1S/C22H22N6O2.C21H18N6O.H3NO/c1-3-30-15-10-8-14(9-11-15)20-25-18(16(23)12-29)19-21(27-20)28(22(24)26-19)17-7-5-4-6-13(17)2;1-3-28-15-10-8-14(9-11-15)19-24-16(12-22)18-20(26-19)27(21(23)25-18)17-7-5-4-6-13(17)2;1-2/h4-11,23,29H,3,12H2,1-2H3,(H2,24,26);4-11H,3H2,1-2H3,(H2,23,25);2H,1H2. The molecule has 0 atom stereocenters. The molecule has 0 spiro atoms. The van der Waals surface area contributed by atoms with Gasteiger partial charge in [-0.1, -0.05) is 36.4 Å². The van der Waals surface area contributed by atoms with Crippen LogP contribution in [-0.4, -0.2) is 74.9 Å². The van der Waals surface area contributed by atoms with Crippen molar-refractivity contribution in [3.8, 4) is 51.7 Å². The van der Waals surface area contributed by atoms with Crippen molar-refractivity contribution in [3.63, 3.8) is 0 Å². The molecule has 0 fully saturated rings. The van der Waals surface area contributed by atoms with Gasteiger partial charge in [0.25, 0.3) is 0 Å². The minimum atomic E-state index is -0.466. The number of anilines is 2. The first kappa shape index (κ1) is 41.8. The van der Waals surface area contributed by atoms with Crippen LogP contribution in [0.4, 0.5) is 11.9 Å². The summed E-state index contributed by atoms with van der Waals surface area (Å²) in [4.78, 5) is 27.1. The zero-order valence-electron chi connectivity index (χ0n) is 33.3. The van der Waals surface area contributed by atoms with Gasteiger partial charge < -0.3 is 36.7 Å². The molecule has 0 saturated carbocycles. The first-order valence-electron chi connectivity index (χ1n) is 18.7. The number of hydrogen-bond donors (Lipinski definition) is 6. The fourth-order valence-corrected chi connectivity index (χ4v) is 6.41. The quantitative estimate of drug-likeness (QED) is 0.0672. The minimum absolute atomic E-state index is 0.0518. The summed E-state index contributed by atoms with van der Waals surface area (Å²) in [6.07, 6.45) is 0. The number of nitrogens with zero attached hydrogens (tertiary/aromatic N) is 9. The van der Waals surface area contributed by atoms with Crippen LogP contribution in [0.1, 0.15) is 36.4 Å². The van der Waals surface area contributed by atoms with E-state index >= 15 is 0 Å². The topological polar surface area (TPSA) is 272 Å². The van der Waals surface area contributed by atoms with Crippen LogP contribution >= 0.6 is 0 Å². The molecule has 0 amide bonds. The third-order valence-electron chi connectivity index (χ3n) is 9.18. The highest BCUT2D eigenvalue weighted by Crippen LogP contribution is 2.30. The lowest BCUT2D eigenvalue weighted by molar-refractivity contribution is 0.311. The number of fused-ring (bicyclic) bond motifs is 2. The maximum absolute atomic E-state index is 9.60. The van der Waals surface area contributed by atoms with E-state index in [1.165, 1.54) is 0 Å². The second-order valence-electron chi connectivity index (χ2n) is 13.0. The molecule has 4 aromatic heterocycles. The van der Waals surface area contributed by atoms with Crippen LogP contribution in [0, 0.1) is 30.6 Å². The summed E-state index contributed by atoms with van der Waals surface area (Å²) >= 11 is 0. The van der Waals surface area contributed by atoms with Crippen molar-refractivity contribution in [2.75, 3.05) is 31.3 Å². The number of nitrogens with one attached hydrogen (secondary N) is 1. The molecule has 0 aliphatic carbocycles. The summed E-state index contributed by atoms with van der Waals surface area (Å²) in [7, 11) is 0. The van der Waals surface area contributed by atoms with Gasteiger partial charge in [-0.3, -0.25) is 9.13 Å². The van der Waals surface area contributed by atoms with Gasteiger partial charge in [-0.15, -0.1) is 0 Å². The van der Waals surface area contributed by atoms with Gasteiger partial charge in [-0.2, -0.15) is 5.26 Å². The molecular weight excluding hydrogens is 763 g/mol. The number of benzene rings is 4. The number of aliphatic hydroxyl groups is 1. The van der Waals surface area contributed by atoms with Crippen molar-refractivity contribution < 1.29 is 19.8 Å². The molecular formula is C43H43N13O4. The van der Waals surface area contributed by atoms with Crippen LogP contribution in [0.15, 0.2) is 97.1 Å². The molecule has 0 aliphatic heterocycles. The van der Waals surface area contributed by atoms with Gasteiger partial charge in [0.1, 0.15) is 34.3 Å². The molecule has 304 valence electrons. The maximum Gasteiger partial charge on any atom is 0.207 e. The molecule has 60 heavy (non-hydrogen) atoms. The van der Waals surface area contributed by atoms with Crippen molar-refractivity contribution in [2.24, 2.45) is 5.90 Å². The number of rotatable bonds is 10. The van der Waals surface area contributed by atoms with E-state index in [0.29, 0.717) is 47.2 Å². The first-order chi connectivity index (χ1) is 29.1. The number of hydrogen-bond acceptors (Lipinski definition) is 15. The van der Waals surface area contributed by atoms with Gasteiger partial charge in [-0.05, 0) is 99.5 Å². The Balaban J connectivity index is 0.000000194. The number of nitrogen functional groups attached to an aromatic ring is 2. The highest BCUT2D eigenvalue weighted by Gasteiger charge is 2.22. The lowest BCUT2D eigenvalue weighted by atomic mass is 10.1. The van der Waals surface area contributed by atoms with E-state index in [1.54, 1.807) is 9.13 Å². The number of aryl methyl sites for hydroxylation is 2. The molecule has 0 radical (unpaired) electrons. The van der Waals surface area contributed by atoms with E-state index in [4.69, 9.17) is 36.5 Å². The largest absolute Gasteiger partial charge is 0.494 e. The third-order valence-corrected chi connectivity index (χ3v) is 9.18. The molecule has 4 aromatic carbocycles. The number of aromatic nitrogens is 8. The Morgan fingerprint density at radius 3 is 1.52 bits per heavy atom. The zero-order chi connectivity index (χ0) is 42.9. The van der Waals surface area contributed by atoms with Crippen LogP contribution in [0.3, 0.4) is 0 Å². The average Bonchev–Trinajstić information content (AvgIpc) is 3.79. The molecule has 8 rings (SSSR count). The van der Waals surface area contributed by atoms with Crippen LogP contribution in [0.25, 0.3) is 56.5 Å². The molecule has 0 unspecified atom stereocenters. The lowest BCUT2D eigenvalue weighted by Crippen LogP contribution is -2.10. The number of para-hydroxylation sites is 2. The molecule has 9 N–H and O–H groups in total. The Kier molecular flexibility index (Phi) is 13.0. The molecule has 0 bridgehead atoms. The fraction of sp³-hybridized carbons (Fsp3) is 0.163. The van der Waals surface area contributed by atoms with E-state index in [-0.39, 0.29) is 29.0 Å². The second kappa shape index (κ2) is 18.7. The van der Waals surface area contributed by atoms with Gasteiger partial charge in [0, 0.05) is 11.1 Å². The summed E-state index contributed by atoms with van der Waals surface area (Å²) < 4.78 is 14.5. The predicted molar refractivity (Wildman–Crippen MR) is 229 cm³/mol. The van der Waals surface area contributed by atoms with Crippen LogP contribution < -0.4 is 26.8 Å². The van der Waals surface area contributed by atoms with Crippen LogP contribution in [-0.2, 0) is 0 Å². The maximum atomic E-state index is 9.60. The first-order valence-corrected chi connectivity index (χ1v) is 18.7.